The number of hydrogen-bond donors (Lipinski definition) is 2. The van der Waals surface area contributed by atoms with Gasteiger partial charge in [-0.25, -0.2) is 0 Å². The molecule has 1 amide bonds. The second-order valence-corrected chi connectivity index (χ2v) is 4.78. The fourth-order valence-electron chi connectivity index (χ4n) is 1.89. The molecule has 1 unspecified atom stereocenters. The summed E-state index contributed by atoms with van der Waals surface area (Å²) in [6, 6.07) is 5.18. The molecule has 7 heteroatoms. The van der Waals surface area contributed by atoms with Crippen LogP contribution in [0.25, 0.3) is 0 Å². The molecule has 1 atom stereocenters. The van der Waals surface area contributed by atoms with Crippen LogP contribution in [0, 0.1) is 0 Å². The van der Waals surface area contributed by atoms with Crippen LogP contribution < -0.4 is 5.32 Å². The van der Waals surface area contributed by atoms with Crippen molar-refractivity contribution in [2.45, 2.75) is 32.4 Å². The average Bonchev–Trinajstić information content (AvgIpc) is 3.06. The van der Waals surface area contributed by atoms with Crippen molar-refractivity contribution in [1.29, 1.82) is 0 Å². The molecular formula is C14H17N3O4. The zero-order chi connectivity index (χ0) is 15.2. The molecule has 7 nitrogen and oxygen atoms in total. The van der Waals surface area contributed by atoms with E-state index in [9.17, 15) is 9.59 Å². The third-order valence-corrected chi connectivity index (χ3v) is 2.95. The molecule has 0 saturated carbocycles. The monoisotopic (exact) mass is 291 g/mol. The highest BCUT2D eigenvalue weighted by Gasteiger charge is 2.13. The maximum atomic E-state index is 12.0. The Morgan fingerprint density at radius 1 is 1.48 bits per heavy atom. The number of carbonyl (C=O) groups is 2. The predicted molar refractivity (Wildman–Crippen MR) is 73.8 cm³/mol. The summed E-state index contributed by atoms with van der Waals surface area (Å²) in [5, 5.41) is 15.4. The van der Waals surface area contributed by atoms with Crippen molar-refractivity contribution in [3.05, 3.63) is 42.1 Å². The van der Waals surface area contributed by atoms with E-state index in [0.717, 1.165) is 18.6 Å². The molecule has 0 radical (unpaired) electrons. The van der Waals surface area contributed by atoms with Gasteiger partial charge in [0.1, 0.15) is 18.0 Å². The Balaban J connectivity index is 1.82. The van der Waals surface area contributed by atoms with Gasteiger partial charge in [-0.3, -0.25) is 14.3 Å². The minimum atomic E-state index is -1.00. The van der Waals surface area contributed by atoms with Crippen LogP contribution >= 0.6 is 0 Å². The highest BCUT2D eigenvalue weighted by Crippen LogP contribution is 2.06. The van der Waals surface area contributed by atoms with Crippen LogP contribution in [-0.4, -0.2) is 32.8 Å². The van der Waals surface area contributed by atoms with Gasteiger partial charge in [-0.1, -0.05) is 0 Å². The third kappa shape index (κ3) is 4.48. The number of carbonyl (C=O) groups excluding carboxylic acids is 1. The van der Waals surface area contributed by atoms with Gasteiger partial charge in [0, 0.05) is 18.7 Å². The smallest absolute Gasteiger partial charge is 0.325 e. The number of aryl methyl sites for hydroxylation is 1. The van der Waals surface area contributed by atoms with Crippen molar-refractivity contribution in [3.63, 3.8) is 0 Å². The maximum Gasteiger partial charge on any atom is 0.325 e. The largest absolute Gasteiger partial charge is 0.480 e. The van der Waals surface area contributed by atoms with Gasteiger partial charge in [0.25, 0.3) is 5.91 Å². The van der Waals surface area contributed by atoms with Gasteiger partial charge >= 0.3 is 5.97 Å². The van der Waals surface area contributed by atoms with E-state index < -0.39 is 5.97 Å². The van der Waals surface area contributed by atoms with Gasteiger partial charge in [0.15, 0.2) is 0 Å². The lowest BCUT2D eigenvalue weighted by Gasteiger charge is -2.11. The third-order valence-electron chi connectivity index (χ3n) is 2.95. The summed E-state index contributed by atoms with van der Waals surface area (Å²) in [7, 11) is 0. The lowest BCUT2D eigenvalue weighted by Crippen LogP contribution is -2.33. The molecule has 0 aliphatic heterocycles. The Morgan fingerprint density at radius 2 is 2.29 bits per heavy atom. The second-order valence-electron chi connectivity index (χ2n) is 4.78. The molecule has 2 heterocycles. The molecule has 0 fully saturated rings. The van der Waals surface area contributed by atoms with Crippen LogP contribution in [0.3, 0.4) is 0 Å². The Morgan fingerprint density at radius 3 is 2.95 bits per heavy atom. The number of amides is 1. The number of carboxylic acid groups (broad SMARTS) is 1. The van der Waals surface area contributed by atoms with Crippen molar-refractivity contribution in [2.75, 3.05) is 0 Å². The summed E-state index contributed by atoms with van der Waals surface area (Å²) in [5.74, 6) is -0.440. The van der Waals surface area contributed by atoms with Crippen LogP contribution in [0.5, 0.6) is 0 Å². The summed E-state index contributed by atoms with van der Waals surface area (Å²) in [6.07, 6.45) is 4.57. The zero-order valence-electron chi connectivity index (χ0n) is 11.7. The van der Waals surface area contributed by atoms with Crippen LogP contribution in [0.4, 0.5) is 0 Å². The summed E-state index contributed by atoms with van der Waals surface area (Å²) < 4.78 is 6.44. The normalized spacial score (nSPS) is 12.0. The zero-order valence-corrected chi connectivity index (χ0v) is 11.7. The number of aromatic nitrogens is 2. The van der Waals surface area contributed by atoms with Gasteiger partial charge < -0.3 is 14.8 Å². The number of carboxylic acids is 1. The van der Waals surface area contributed by atoms with Crippen LogP contribution in [0.1, 0.15) is 29.6 Å². The number of nitrogens with zero attached hydrogens (tertiary/aromatic N) is 2. The highest BCUT2D eigenvalue weighted by molar-refractivity contribution is 5.92. The second kappa shape index (κ2) is 6.74. The van der Waals surface area contributed by atoms with Gasteiger partial charge in [-0.15, -0.1) is 0 Å². The SMILES string of the molecule is CC(CCc1ccco1)NC(=O)c1ccn(CC(=O)O)n1. The van der Waals surface area contributed by atoms with Gasteiger partial charge in [0.05, 0.1) is 6.26 Å². The Bertz CT molecular complexity index is 604. The topological polar surface area (TPSA) is 97.4 Å². The lowest BCUT2D eigenvalue weighted by molar-refractivity contribution is -0.137. The fourth-order valence-corrected chi connectivity index (χ4v) is 1.89. The Kier molecular flexibility index (Phi) is 4.76. The molecule has 0 aromatic carbocycles. The molecule has 2 aromatic heterocycles. The van der Waals surface area contributed by atoms with Gasteiger partial charge in [0.2, 0.25) is 0 Å². The van der Waals surface area contributed by atoms with Crippen LogP contribution in [0.15, 0.2) is 35.1 Å². The number of furan rings is 1. The molecule has 112 valence electrons. The highest BCUT2D eigenvalue weighted by atomic mass is 16.4. The van der Waals surface area contributed by atoms with E-state index in [1.165, 1.54) is 16.9 Å². The molecule has 0 saturated heterocycles. The molecule has 0 bridgehead atoms. The van der Waals surface area contributed by atoms with E-state index in [1.807, 2.05) is 19.1 Å². The first-order valence-corrected chi connectivity index (χ1v) is 6.63. The van der Waals surface area contributed by atoms with Crippen LogP contribution in [-0.2, 0) is 17.8 Å². The molecule has 0 spiro atoms. The van der Waals surface area contributed by atoms with E-state index in [-0.39, 0.29) is 24.2 Å². The molecule has 0 aliphatic rings. The minimum absolute atomic E-state index is 0.0350. The molecular weight excluding hydrogens is 274 g/mol. The minimum Gasteiger partial charge on any atom is -0.480 e. The number of aliphatic carboxylic acids is 1. The fraction of sp³-hybridized carbons (Fsp3) is 0.357. The summed E-state index contributed by atoms with van der Waals surface area (Å²) in [4.78, 5) is 22.5. The molecule has 21 heavy (non-hydrogen) atoms. The van der Waals surface area contributed by atoms with E-state index >= 15 is 0 Å². The molecule has 2 N–H and O–H groups in total. The summed E-state index contributed by atoms with van der Waals surface area (Å²) in [5.41, 5.74) is 0.209. The first kappa shape index (κ1) is 14.8. The lowest BCUT2D eigenvalue weighted by atomic mass is 10.1. The van der Waals surface area contributed by atoms with Crippen LogP contribution in [0.2, 0.25) is 0 Å². The first-order valence-electron chi connectivity index (χ1n) is 6.63. The van der Waals surface area contributed by atoms with E-state index in [2.05, 4.69) is 10.4 Å². The Labute approximate surface area is 121 Å². The molecule has 2 rings (SSSR count). The van der Waals surface area contributed by atoms with E-state index in [1.54, 1.807) is 6.26 Å². The molecule has 2 aromatic rings. The summed E-state index contributed by atoms with van der Waals surface area (Å²) in [6.45, 7) is 1.64. The predicted octanol–water partition coefficient (Wildman–Crippen LogP) is 1.31. The van der Waals surface area contributed by atoms with Gasteiger partial charge in [-0.05, 0) is 31.5 Å². The standard InChI is InChI=1S/C14H17N3O4/c1-10(4-5-11-3-2-8-21-11)15-14(20)12-6-7-17(16-12)9-13(18)19/h2-3,6-8,10H,4-5,9H2,1H3,(H,15,20)(H,18,19). The van der Waals surface area contributed by atoms with E-state index in [0.29, 0.717) is 0 Å². The van der Waals surface area contributed by atoms with Crippen molar-refractivity contribution < 1.29 is 19.1 Å². The first-order chi connectivity index (χ1) is 10.0. The van der Waals surface area contributed by atoms with Crippen molar-refractivity contribution in [3.8, 4) is 0 Å². The Hall–Kier alpha value is -2.57. The van der Waals surface area contributed by atoms with Gasteiger partial charge in [-0.2, -0.15) is 5.10 Å². The van der Waals surface area contributed by atoms with Crippen molar-refractivity contribution >= 4 is 11.9 Å². The number of nitrogens with one attached hydrogen (secondary N) is 1. The van der Waals surface area contributed by atoms with Crippen molar-refractivity contribution in [1.82, 2.24) is 15.1 Å². The molecule has 0 aliphatic carbocycles. The maximum absolute atomic E-state index is 12.0. The van der Waals surface area contributed by atoms with E-state index in [4.69, 9.17) is 9.52 Å². The van der Waals surface area contributed by atoms with Crippen molar-refractivity contribution in [2.24, 2.45) is 0 Å². The number of hydrogen-bond acceptors (Lipinski definition) is 4. The summed E-state index contributed by atoms with van der Waals surface area (Å²) >= 11 is 0. The quantitative estimate of drug-likeness (QED) is 0.801. The average molecular weight is 291 g/mol. The number of rotatable bonds is 7.